The molecule has 0 radical (unpaired) electrons. The van der Waals surface area contributed by atoms with Crippen LogP contribution in [-0.2, 0) is 13.5 Å². The van der Waals surface area contributed by atoms with Gasteiger partial charge in [0.25, 0.3) is 0 Å². The van der Waals surface area contributed by atoms with E-state index in [0.717, 1.165) is 11.4 Å². The Morgan fingerprint density at radius 2 is 2.25 bits per heavy atom. The van der Waals surface area contributed by atoms with Crippen molar-refractivity contribution in [1.29, 1.82) is 0 Å². The zero-order chi connectivity index (χ0) is 14.3. The van der Waals surface area contributed by atoms with Crippen molar-refractivity contribution in [3.63, 3.8) is 0 Å². The number of hydrogen-bond acceptors (Lipinski definition) is 3. The quantitative estimate of drug-likeness (QED) is 0.799. The Morgan fingerprint density at radius 3 is 2.95 bits per heavy atom. The number of aliphatic hydroxyl groups is 1. The second kappa shape index (κ2) is 4.76. The molecule has 0 spiro atoms. The number of aryl methyl sites for hydroxylation is 2. The number of aliphatic hydroxyl groups excluding tert-OH is 1. The van der Waals surface area contributed by atoms with Gasteiger partial charge in [-0.25, -0.2) is 9.37 Å². The van der Waals surface area contributed by atoms with Gasteiger partial charge in [0.05, 0.1) is 0 Å². The number of benzene rings is 1. The van der Waals surface area contributed by atoms with Crippen LogP contribution in [0.15, 0.2) is 35.0 Å². The van der Waals surface area contributed by atoms with Gasteiger partial charge in [0.15, 0.2) is 0 Å². The Hall–Kier alpha value is -2.14. The molecule has 0 saturated carbocycles. The van der Waals surface area contributed by atoms with Gasteiger partial charge in [-0.05, 0) is 25.1 Å². The summed E-state index contributed by atoms with van der Waals surface area (Å²) in [6, 6.07) is 4.35. The van der Waals surface area contributed by atoms with Crippen LogP contribution in [0.1, 0.15) is 23.3 Å². The lowest BCUT2D eigenvalue weighted by molar-refractivity contribution is 0.148. The van der Waals surface area contributed by atoms with E-state index in [1.165, 1.54) is 12.1 Å². The molecule has 4 nitrogen and oxygen atoms in total. The number of halogens is 1. The first-order chi connectivity index (χ1) is 9.56. The summed E-state index contributed by atoms with van der Waals surface area (Å²) in [5.74, 6) is 0.920. The molecule has 0 saturated heterocycles. The lowest BCUT2D eigenvalue weighted by atomic mass is 10.1. The molecule has 0 amide bonds. The standard InChI is InChI=1S/C15H15FN2O2/c1-9-11-7-10(16)3-4-13(11)20-15(9)12(19)8-14-17-5-6-18(14)2/h3-7,12,19H,8H2,1-2H3. The van der Waals surface area contributed by atoms with E-state index < -0.39 is 6.10 Å². The van der Waals surface area contributed by atoms with Crippen LogP contribution in [0, 0.1) is 12.7 Å². The van der Waals surface area contributed by atoms with Crippen LogP contribution in [0.4, 0.5) is 4.39 Å². The highest BCUT2D eigenvalue weighted by molar-refractivity contribution is 5.82. The largest absolute Gasteiger partial charge is 0.458 e. The Labute approximate surface area is 115 Å². The number of nitrogens with zero attached hydrogens (tertiary/aromatic N) is 2. The molecule has 3 aromatic rings. The Bertz CT molecular complexity index is 760. The molecule has 2 aromatic heterocycles. The summed E-state index contributed by atoms with van der Waals surface area (Å²) in [6.07, 6.45) is 3.06. The summed E-state index contributed by atoms with van der Waals surface area (Å²) in [5, 5.41) is 11.0. The molecule has 1 N–H and O–H groups in total. The highest BCUT2D eigenvalue weighted by Gasteiger charge is 2.20. The Balaban J connectivity index is 1.97. The summed E-state index contributed by atoms with van der Waals surface area (Å²) in [4.78, 5) is 4.18. The average molecular weight is 274 g/mol. The first-order valence-corrected chi connectivity index (χ1v) is 6.39. The lowest BCUT2D eigenvalue weighted by Gasteiger charge is -2.08. The van der Waals surface area contributed by atoms with Crippen LogP contribution < -0.4 is 0 Å². The molecule has 0 aliphatic carbocycles. The maximum atomic E-state index is 13.3. The van der Waals surface area contributed by atoms with Crippen molar-refractivity contribution in [1.82, 2.24) is 9.55 Å². The zero-order valence-electron chi connectivity index (χ0n) is 11.3. The van der Waals surface area contributed by atoms with Crippen molar-refractivity contribution in [3.8, 4) is 0 Å². The van der Waals surface area contributed by atoms with E-state index in [4.69, 9.17) is 4.42 Å². The minimum Gasteiger partial charge on any atom is -0.458 e. The van der Waals surface area contributed by atoms with Gasteiger partial charge in [-0.3, -0.25) is 0 Å². The van der Waals surface area contributed by atoms with Crippen molar-refractivity contribution in [2.45, 2.75) is 19.4 Å². The van der Waals surface area contributed by atoms with Gasteiger partial charge in [0.1, 0.15) is 29.1 Å². The van der Waals surface area contributed by atoms with Gasteiger partial charge in [-0.2, -0.15) is 0 Å². The van der Waals surface area contributed by atoms with E-state index in [0.29, 0.717) is 23.2 Å². The highest BCUT2D eigenvalue weighted by Crippen LogP contribution is 2.31. The third-order valence-electron chi connectivity index (χ3n) is 3.53. The zero-order valence-corrected chi connectivity index (χ0v) is 11.3. The number of rotatable bonds is 3. The fraction of sp³-hybridized carbons (Fsp3) is 0.267. The molecule has 1 aromatic carbocycles. The number of aromatic nitrogens is 2. The molecule has 3 rings (SSSR count). The third kappa shape index (κ3) is 2.10. The van der Waals surface area contributed by atoms with E-state index in [9.17, 15) is 9.50 Å². The second-order valence-corrected chi connectivity index (χ2v) is 4.91. The third-order valence-corrected chi connectivity index (χ3v) is 3.53. The van der Waals surface area contributed by atoms with Crippen molar-refractivity contribution in [3.05, 3.63) is 53.6 Å². The second-order valence-electron chi connectivity index (χ2n) is 4.91. The Morgan fingerprint density at radius 1 is 1.45 bits per heavy atom. The average Bonchev–Trinajstić information content (AvgIpc) is 2.95. The minimum absolute atomic E-state index is 0.313. The van der Waals surface area contributed by atoms with Crippen molar-refractivity contribution < 1.29 is 13.9 Å². The summed E-state index contributed by atoms with van der Waals surface area (Å²) < 4.78 is 20.8. The predicted molar refractivity (Wildman–Crippen MR) is 72.8 cm³/mol. The molecule has 0 aliphatic heterocycles. The molecule has 2 heterocycles. The number of furan rings is 1. The molecule has 104 valence electrons. The maximum absolute atomic E-state index is 13.3. The maximum Gasteiger partial charge on any atom is 0.137 e. The normalized spacial score (nSPS) is 13.0. The van der Waals surface area contributed by atoms with Crippen LogP contribution in [0.2, 0.25) is 0 Å². The number of imidazole rings is 1. The van der Waals surface area contributed by atoms with Crippen LogP contribution in [0.3, 0.4) is 0 Å². The van der Waals surface area contributed by atoms with Gasteiger partial charge in [0.2, 0.25) is 0 Å². The van der Waals surface area contributed by atoms with E-state index in [1.54, 1.807) is 12.3 Å². The molecule has 1 atom stereocenters. The molecule has 0 fully saturated rings. The minimum atomic E-state index is -0.799. The molecule has 0 bridgehead atoms. The fourth-order valence-electron chi connectivity index (χ4n) is 2.39. The van der Waals surface area contributed by atoms with E-state index in [1.807, 2.05) is 24.7 Å². The summed E-state index contributed by atoms with van der Waals surface area (Å²) in [6.45, 7) is 1.82. The first-order valence-electron chi connectivity index (χ1n) is 6.39. The van der Waals surface area contributed by atoms with Crippen molar-refractivity contribution in [2.24, 2.45) is 7.05 Å². The number of fused-ring (bicyclic) bond motifs is 1. The molecular weight excluding hydrogens is 259 g/mol. The molecule has 0 aliphatic rings. The van der Waals surface area contributed by atoms with E-state index in [-0.39, 0.29) is 5.82 Å². The predicted octanol–water partition coefficient (Wildman–Crippen LogP) is 2.89. The van der Waals surface area contributed by atoms with E-state index in [2.05, 4.69) is 4.98 Å². The number of hydrogen-bond donors (Lipinski definition) is 1. The summed E-state index contributed by atoms with van der Waals surface area (Å²) >= 11 is 0. The first kappa shape index (κ1) is 12.9. The lowest BCUT2D eigenvalue weighted by Crippen LogP contribution is -2.06. The summed E-state index contributed by atoms with van der Waals surface area (Å²) in [5.41, 5.74) is 1.35. The smallest absolute Gasteiger partial charge is 0.137 e. The van der Waals surface area contributed by atoms with Crippen LogP contribution in [0.5, 0.6) is 0 Å². The van der Waals surface area contributed by atoms with Gasteiger partial charge in [-0.1, -0.05) is 0 Å². The fourth-order valence-corrected chi connectivity index (χ4v) is 2.39. The monoisotopic (exact) mass is 274 g/mol. The topological polar surface area (TPSA) is 51.2 Å². The van der Waals surface area contributed by atoms with Crippen molar-refractivity contribution >= 4 is 11.0 Å². The van der Waals surface area contributed by atoms with E-state index >= 15 is 0 Å². The van der Waals surface area contributed by atoms with Crippen LogP contribution in [-0.4, -0.2) is 14.7 Å². The SMILES string of the molecule is Cc1c(C(O)Cc2nccn2C)oc2ccc(F)cc12. The molecule has 1 unspecified atom stereocenters. The molecule has 5 heteroatoms. The molecular formula is C15H15FN2O2. The molecule has 20 heavy (non-hydrogen) atoms. The van der Waals surface area contributed by atoms with Gasteiger partial charge in [0, 0.05) is 36.8 Å². The van der Waals surface area contributed by atoms with Gasteiger partial charge in [-0.15, -0.1) is 0 Å². The summed E-state index contributed by atoms with van der Waals surface area (Å²) in [7, 11) is 1.87. The van der Waals surface area contributed by atoms with Crippen LogP contribution in [0.25, 0.3) is 11.0 Å². The Kier molecular flexibility index (Phi) is 3.06. The van der Waals surface area contributed by atoms with Gasteiger partial charge >= 0.3 is 0 Å². The van der Waals surface area contributed by atoms with Crippen molar-refractivity contribution in [2.75, 3.05) is 0 Å². The van der Waals surface area contributed by atoms with Crippen LogP contribution >= 0.6 is 0 Å². The highest BCUT2D eigenvalue weighted by atomic mass is 19.1. The van der Waals surface area contributed by atoms with Gasteiger partial charge < -0.3 is 14.1 Å².